The summed E-state index contributed by atoms with van der Waals surface area (Å²) in [5, 5.41) is 28.5. The molecule has 8 nitrogen and oxygen atoms in total. The molecule has 5 rings (SSSR count). The number of phenols is 2. The zero-order valence-corrected chi connectivity index (χ0v) is 21.2. The first-order valence-corrected chi connectivity index (χ1v) is 12.0. The summed E-state index contributed by atoms with van der Waals surface area (Å²) in [6.07, 6.45) is 0.573. The molecule has 1 aliphatic heterocycles. The highest BCUT2D eigenvalue weighted by Gasteiger charge is 2.42. The molecule has 1 amide bonds. The zero-order valence-electron chi connectivity index (χ0n) is 21.2. The van der Waals surface area contributed by atoms with E-state index in [4.69, 9.17) is 9.47 Å². The topological polar surface area (TPSA) is 108 Å². The molecule has 190 valence electrons. The highest BCUT2D eigenvalue weighted by atomic mass is 16.5. The standard InChI is InChI=1S/C29H29N3O5/c1-16-12-17(2)24(21(34)13-16)26-25-27(31-30-26)29(35)32(28(25)19-6-5-7-20(33)15-19)11-10-18-8-9-22(36-3)23(14-18)37-4/h5-9,12-15,28,33-34H,10-11H2,1-4H3,(H,30,31). The lowest BCUT2D eigenvalue weighted by Gasteiger charge is -2.27. The van der Waals surface area contributed by atoms with E-state index in [0.29, 0.717) is 47.0 Å². The van der Waals surface area contributed by atoms with E-state index >= 15 is 0 Å². The number of carbonyl (C=O) groups excluding carboxylic acids is 1. The fourth-order valence-electron chi connectivity index (χ4n) is 5.20. The third-order valence-corrected chi connectivity index (χ3v) is 6.83. The molecule has 0 saturated carbocycles. The zero-order chi connectivity index (χ0) is 26.3. The van der Waals surface area contributed by atoms with Crippen LogP contribution in [0.5, 0.6) is 23.0 Å². The van der Waals surface area contributed by atoms with Gasteiger partial charge in [-0.15, -0.1) is 0 Å². The van der Waals surface area contributed by atoms with Crippen LogP contribution in [-0.4, -0.2) is 52.0 Å². The monoisotopic (exact) mass is 499 g/mol. The second-order valence-corrected chi connectivity index (χ2v) is 9.27. The number of fused-ring (bicyclic) bond motifs is 1. The number of aryl methyl sites for hydroxylation is 2. The highest BCUT2D eigenvalue weighted by Crippen LogP contribution is 2.46. The minimum absolute atomic E-state index is 0.109. The number of hydrogen-bond acceptors (Lipinski definition) is 6. The van der Waals surface area contributed by atoms with Crippen LogP contribution in [0.1, 0.15) is 44.3 Å². The number of nitrogens with zero attached hydrogens (tertiary/aromatic N) is 2. The molecular weight excluding hydrogens is 470 g/mol. The Kier molecular flexibility index (Phi) is 6.25. The third-order valence-electron chi connectivity index (χ3n) is 6.83. The van der Waals surface area contributed by atoms with Crippen LogP contribution in [0.25, 0.3) is 11.3 Å². The van der Waals surface area contributed by atoms with Crippen molar-refractivity contribution in [2.75, 3.05) is 20.8 Å². The van der Waals surface area contributed by atoms with Crippen molar-refractivity contribution in [3.63, 3.8) is 0 Å². The number of carbonyl (C=O) groups is 1. The number of amides is 1. The molecule has 1 aromatic heterocycles. The molecule has 1 aliphatic rings. The average molecular weight is 500 g/mol. The van der Waals surface area contributed by atoms with Gasteiger partial charge in [-0.3, -0.25) is 9.89 Å². The summed E-state index contributed by atoms with van der Waals surface area (Å²) >= 11 is 0. The van der Waals surface area contributed by atoms with Gasteiger partial charge in [0.15, 0.2) is 11.5 Å². The lowest BCUT2D eigenvalue weighted by molar-refractivity contribution is 0.0745. The van der Waals surface area contributed by atoms with Gasteiger partial charge in [0.25, 0.3) is 5.91 Å². The van der Waals surface area contributed by atoms with Crippen LogP contribution < -0.4 is 9.47 Å². The fraction of sp³-hybridized carbons (Fsp3) is 0.241. The first-order valence-electron chi connectivity index (χ1n) is 12.0. The van der Waals surface area contributed by atoms with E-state index in [2.05, 4.69) is 10.2 Å². The smallest absolute Gasteiger partial charge is 0.273 e. The minimum atomic E-state index is -0.497. The van der Waals surface area contributed by atoms with Gasteiger partial charge in [0.2, 0.25) is 0 Å². The molecule has 8 heteroatoms. The van der Waals surface area contributed by atoms with Gasteiger partial charge in [-0.25, -0.2) is 0 Å². The van der Waals surface area contributed by atoms with Crippen LogP contribution in [0, 0.1) is 13.8 Å². The van der Waals surface area contributed by atoms with Crippen molar-refractivity contribution in [1.29, 1.82) is 0 Å². The number of aromatic hydroxyl groups is 2. The van der Waals surface area contributed by atoms with Crippen molar-refractivity contribution in [3.05, 3.63) is 88.1 Å². The number of aromatic nitrogens is 2. The number of ether oxygens (including phenoxy) is 2. The molecule has 0 aliphatic carbocycles. The van der Waals surface area contributed by atoms with E-state index in [1.165, 1.54) is 0 Å². The molecule has 2 heterocycles. The van der Waals surface area contributed by atoms with Crippen molar-refractivity contribution >= 4 is 5.91 Å². The average Bonchev–Trinajstić information content (AvgIpc) is 3.40. The van der Waals surface area contributed by atoms with E-state index in [9.17, 15) is 15.0 Å². The molecule has 1 unspecified atom stereocenters. The van der Waals surface area contributed by atoms with Gasteiger partial charge < -0.3 is 24.6 Å². The Labute approximate surface area is 215 Å². The first kappa shape index (κ1) is 24.2. The summed E-state index contributed by atoms with van der Waals surface area (Å²) in [7, 11) is 3.18. The Bertz CT molecular complexity index is 1470. The quantitative estimate of drug-likeness (QED) is 0.334. The van der Waals surface area contributed by atoms with Gasteiger partial charge in [-0.1, -0.05) is 24.3 Å². The van der Waals surface area contributed by atoms with Gasteiger partial charge in [-0.2, -0.15) is 5.10 Å². The van der Waals surface area contributed by atoms with E-state index in [1.807, 2.05) is 44.2 Å². The predicted molar refractivity (Wildman–Crippen MR) is 139 cm³/mol. The molecule has 4 aromatic rings. The maximum absolute atomic E-state index is 13.7. The van der Waals surface area contributed by atoms with Crippen molar-refractivity contribution < 1.29 is 24.5 Å². The minimum Gasteiger partial charge on any atom is -0.508 e. The van der Waals surface area contributed by atoms with Gasteiger partial charge in [-0.05, 0) is 72.9 Å². The number of benzene rings is 3. The lowest BCUT2D eigenvalue weighted by atomic mass is 9.93. The number of hydrogen-bond donors (Lipinski definition) is 3. The van der Waals surface area contributed by atoms with Crippen LogP contribution in [0.4, 0.5) is 0 Å². The molecule has 0 fully saturated rings. The second-order valence-electron chi connectivity index (χ2n) is 9.27. The number of H-pyrrole nitrogens is 1. The summed E-state index contributed by atoms with van der Waals surface area (Å²) in [6, 6.07) is 15.8. The molecular formula is C29H29N3O5. The number of aromatic amines is 1. The van der Waals surface area contributed by atoms with Gasteiger partial charge in [0.05, 0.1) is 20.3 Å². The van der Waals surface area contributed by atoms with Crippen molar-refractivity contribution in [2.45, 2.75) is 26.3 Å². The molecule has 0 spiro atoms. The molecule has 1 atom stereocenters. The third kappa shape index (κ3) is 4.24. The van der Waals surface area contributed by atoms with Crippen LogP contribution in [-0.2, 0) is 6.42 Å². The van der Waals surface area contributed by atoms with E-state index in [1.54, 1.807) is 43.4 Å². The largest absolute Gasteiger partial charge is 0.508 e. The SMILES string of the molecule is COc1ccc(CCN2C(=O)c3[nH]nc(-c4c(C)cc(C)cc4O)c3C2c2cccc(O)c2)cc1OC. The van der Waals surface area contributed by atoms with Gasteiger partial charge >= 0.3 is 0 Å². The summed E-state index contributed by atoms with van der Waals surface area (Å²) in [4.78, 5) is 15.4. The Balaban J connectivity index is 1.57. The maximum atomic E-state index is 13.7. The molecule has 0 saturated heterocycles. The van der Waals surface area contributed by atoms with E-state index < -0.39 is 6.04 Å². The summed E-state index contributed by atoms with van der Waals surface area (Å²) < 4.78 is 10.8. The summed E-state index contributed by atoms with van der Waals surface area (Å²) in [5.74, 6) is 1.29. The van der Waals surface area contributed by atoms with Crippen LogP contribution in [0.2, 0.25) is 0 Å². The number of phenolic OH excluding ortho intramolecular Hbond substituents is 2. The van der Waals surface area contributed by atoms with Gasteiger partial charge in [0.1, 0.15) is 22.9 Å². The molecule has 0 bridgehead atoms. The summed E-state index contributed by atoms with van der Waals surface area (Å²) in [6.45, 7) is 4.24. The first-order chi connectivity index (χ1) is 17.8. The summed E-state index contributed by atoms with van der Waals surface area (Å²) in [5.41, 5.74) is 5.72. The number of rotatable bonds is 7. The number of methoxy groups -OCH3 is 2. The molecule has 3 aromatic carbocycles. The normalized spacial score (nSPS) is 14.6. The van der Waals surface area contributed by atoms with Crippen LogP contribution >= 0.6 is 0 Å². The Morgan fingerprint density at radius 2 is 1.78 bits per heavy atom. The second kappa shape index (κ2) is 9.54. The maximum Gasteiger partial charge on any atom is 0.273 e. The van der Waals surface area contributed by atoms with E-state index in [-0.39, 0.29) is 17.4 Å². The highest BCUT2D eigenvalue weighted by molar-refractivity contribution is 6.00. The fourth-order valence-corrected chi connectivity index (χ4v) is 5.20. The Hall–Kier alpha value is -4.46. The molecule has 0 radical (unpaired) electrons. The molecule has 37 heavy (non-hydrogen) atoms. The Morgan fingerprint density at radius 3 is 2.49 bits per heavy atom. The number of nitrogens with one attached hydrogen (secondary N) is 1. The van der Waals surface area contributed by atoms with Crippen LogP contribution in [0.15, 0.2) is 54.6 Å². The predicted octanol–water partition coefficient (Wildman–Crippen LogP) is 4.91. The van der Waals surface area contributed by atoms with Gasteiger partial charge in [0, 0.05) is 17.7 Å². The van der Waals surface area contributed by atoms with E-state index in [0.717, 1.165) is 22.3 Å². The van der Waals surface area contributed by atoms with Crippen molar-refractivity contribution in [2.24, 2.45) is 0 Å². The van der Waals surface area contributed by atoms with Crippen molar-refractivity contribution in [3.8, 4) is 34.3 Å². The molecule has 3 N–H and O–H groups in total. The Morgan fingerprint density at radius 1 is 1.00 bits per heavy atom. The lowest BCUT2D eigenvalue weighted by Crippen LogP contribution is -2.31. The van der Waals surface area contributed by atoms with Crippen LogP contribution in [0.3, 0.4) is 0 Å². The van der Waals surface area contributed by atoms with Crippen molar-refractivity contribution in [1.82, 2.24) is 15.1 Å².